The second kappa shape index (κ2) is 7.31. The number of carbonyl (C=O) groups is 1. The van der Waals surface area contributed by atoms with Crippen LogP contribution in [0, 0.1) is 5.92 Å². The number of aliphatic hydroxyl groups is 1. The van der Waals surface area contributed by atoms with Crippen LogP contribution in [0.4, 0.5) is 0 Å². The Kier molecular flexibility index (Phi) is 5.44. The molecule has 2 atom stereocenters. The summed E-state index contributed by atoms with van der Waals surface area (Å²) in [5.41, 5.74) is 0.957. The molecule has 2 rings (SSSR count). The van der Waals surface area contributed by atoms with Crippen molar-refractivity contribution in [2.24, 2.45) is 5.92 Å². The lowest BCUT2D eigenvalue weighted by molar-refractivity contribution is -0.123. The lowest BCUT2D eigenvalue weighted by Crippen LogP contribution is -2.43. The summed E-state index contributed by atoms with van der Waals surface area (Å²) in [4.78, 5) is 12.2. The minimum absolute atomic E-state index is 0.0407. The topological polar surface area (TPSA) is 63.5 Å². The van der Waals surface area contributed by atoms with E-state index in [0.29, 0.717) is 0 Å². The molecule has 2 aromatic rings. The molecule has 0 saturated carbocycles. The van der Waals surface area contributed by atoms with Crippen LogP contribution in [-0.4, -0.2) is 35.3 Å². The molecule has 0 aliphatic heterocycles. The third-order valence-corrected chi connectivity index (χ3v) is 4.18. The molecule has 0 radical (unpaired) electrons. The van der Waals surface area contributed by atoms with E-state index in [1.165, 1.54) is 0 Å². The van der Waals surface area contributed by atoms with E-state index in [4.69, 9.17) is 4.74 Å². The number of aliphatic hydroxyl groups excluding tert-OH is 1. The summed E-state index contributed by atoms with van der Waals surface area (Å²) in [6.45, 7) is 4.26. The minimum atomic E-state index is -0.200. The van der Waals surface area contributed by atoms with Gasteiger partial charge in [0.15, 0.2) is 0 Å². The summed E-state index contributed by atoms with van der Waals surface area (Å²) in [6.07, 6.45) is 2.79. The van der Waals surface area contributed by atoms with E-state index >= 15 is 0 Å². The molecule has 0 bridgehead atoms. The summed E-state index contributed by atoms with van der Waals surface area (Å²) in [7, 11) is 1.64. The Bertz CT molecular complexity index is 636. The molecule has 0 unspecified atom stereocenters. The quantitative estimate of drug-likeness (QED) is 0.824. The highest BCUT2D eigenvalue weighted by Crippen LogP contribution is 2.26. The molecule has 1 aromatic heterocycles. The van der Waals surface area contributed by atoms with Gasteiger partial charge in [0, 0.05) is 11.6 Å². The summed E-state index contributed by atoms with van der Waals surface area (Å²) >= 11 is 0. The smallest absolute Gasteiger partial charge is 0.240 e. The van der Waals surface area contributed by atoms with Gasteiger partial charge in [-0.3, -0.25) is 4.79 Å². The molecule has 5 nitrogen and oxygen atoms in total. The normalized spacial score (nSPS) is 13.8. The van der Waals surface area contributed by atoms with E-state index in [1.54, 1.807) is 7.11 Å². The monoisotopic (exact) mass is 304 g/mol. The third-order valence-electron chi connectivity index (χ3n) is 4.18. The molecule has 5 heteroatoms. The van der Waals surface area contributed by atoms with Gasteiger partial charge in [-0.2, -0.15) is 0 Å². The number of hydrogen-bond acceptors (Lipinski definition) is 3. The predicted octanol–water partition coefficient (Wildman–Crippen LogP) is 2.17. The van der Waals surface area contributed by atoms with E-state index in [-0.39, 0.29) is 31.0 Å². The molecule has 1 amide bonds. The average Bonchev–Trinajstić information content (AvgIpc) is 2.94. The number of benzene rings is 1. The number of amides is 1. The molecule has 0 aliphatic carbocycles. The first-order valence-electron chi connectivity index (χ1n) is 7.62. The van der Waals surface area contributed by atoms with Gasteiger partial charge in [0.1, 0.15) is 12.3 Å². The van der Waals surface area contributed by atoms with Crippen molar-refractivity contribution in [1.29, 1.82) is 0 Å². The van der Waals surface area contributed by atoms with Crippen molar-refractivity contribution in [2.45, 2.75) is 32.9 Å². The highest BCUT2D eigenvalue weighted by Gasteiger charge is 2.18. The van der Waals surface area contributed by atoms with Gasteiger partial charge in [-0.1, -0.05) is 26.3 Å². The molecule has 0 spiro atoms. The number of ether oxygens (including phenoxy) is 1. The van der Waals surface area contributed by atoms with Crippen molar-refractivity contribution < 1.29 is 14.6 Å². The minimum Gasteiger partial charge on any atom is -0.496 e. The van der Waals surface area contributed by atoms with E-state index in [1.807, 2.05) is 48.9 Å². The van der Waals surface area contributed by atoms with Crippen LogP contribution in [0.1, 0.15) is 20.3 Å². The Balaban J connectivity index is 2.12. The van der Waals surface area contributed by atoms with Crippen LogP contribution in [0.25, 0.3) is 10.9 Å². The van der Waals surface area contributed by atoms with Crippen molar-refractivity contribution in [1.82, 2.24) is 9.88 Å². The van der Waals surface area contributed by atoms with Crippen LogP contribution >= 0.6 is 0 Å². The number of aromatic nitrogens is 1. The molecule has 2 N–H and O–H groups in total. The molecule has 0 saturated heterocycles. The summed E-state index contributed by atoms with van der Waals surface area (Å²) in [5, 5.41) is 13.3. The molecular weight excluding hydrogens is 280 g/mol. The van der Waals surface area contributed by atoms with Gasteiger partial charge in [0.2, 0.25) is 5.91 Å². The zero-order valence-electron chi connectivity index (χ0n) is 13.4. The van der Waals surface area contributed by atoms with Gasteiger partial charge < -0.3 is 19.7 Å². The Morgan fingerprint density at radius 2 is 2.18 bits per heavy atom. The van der Waals surface area contributed by atoms with Crippen LogP contribution in [0.3, 0.4) is 0 Å². The first kappa shape index (κ1) is 16.4. The van der Waals surface area contributed by atoms with Crippen LogP contribution in [0.15, 0.2) is 30.5 Å². The highest BCUT2D eigenvalue weighted by molar-refractivity contribution is 5.88. The number of nitrogens with zero attached hydrogens (tertiary/aromatic N) is 1. The van der Waals surface area contributed by atoms with Crippen LogP contribution in [-0.2, 0) is 11.3 Å². The van der Waals surface area contributed by atoms with Gasteiger partial charge >= 0.3 is 0 Å². The first-order chi connectivity index (χ1) is 10.6. The number of rotatable bonds is 7. The van der Waals surface area contributed by atoms with Crippen molar-refractivity contribution in [3.05, 3.63) is 30.5 Å². The predicted molar refractivity (Wildman–Crippen MR) is 87.0 cm³/mol. The molecular formula is C17H24N2O3. The number of methoxy groups -OCH3 is 1. The highest BCUT2D eigenvalue weighted by atomic mass is 16.5. The first-order valence-corrected chi connectivity index (χ1v) is 7.62. The van der Waals surface area contributed by atoms with Gasteiger partial charge in [-0.05, 0) is 24.1 Å². The third kappa shape index (κ3) is 3.42. The zero-order valence-corrected chi connectivity index (χ0v) is 13.4. The molecule has 0 fully saturated rings. The summed E-state index contributed by atoms with van der Waals surface area (Å²) < 4.78 is 7.21. The van der Waals surface area contributed by atoms with E-state index in [0.717, 1.165) is 23.1 Å². The van der Waals surface area contributed by atoms with Gasteiger partial charge in [-0.15, -0.1) is 0 Å². The van der Waals surface area contributed by atoms with Crippen molar-refractivity contribution in [2.75, 3.05) is 13.7 Å². The van der Waals surface area contributed by atoms with Crippen molar-refractivity contribution in [3.8, 4) is 5.75 Å². The Morgan fingerprint density at radius 1 is 1.41 bits per heavy atom. The van der Waals surface area contributed by atoms with E-state index in [2.05, 4.69) is 5.32 Å². The second-order valence-electron chi connectivity index (χ2n) is 5.58. The summed E-state index contributed by atoms with van der Waals surface area (Å²) in [5.74, 6) is 0.944. The Labute approximate surface area is 130 Å². The van der Waals surface area contributed by atoms with E-state index in [9.17, 15) is 9.90 Å². The van der Waals surface area contributed by atoms with Gasteiger partial charge in [-0.25, -0.2) is 0 Å². The largest absolute Gasteiger partial charge is 0.496 e. The SMILES string of the molecule is CC[C@@H](C)[C@@H](CO)NC(=O)Cn1ccc2c(OC)cccc21. The number of hydrogen-bond donors (Lipinski definition) is 2. The summed E-state index contributed by atoms with van der Waals surface area (Å²) in [6, 6.07) is 7.51. The van der Waals surface area contributed by atoms with Gasteiger partial charge in [0.25, 0.3) is 0 Å². The molecule has 22 heavy (non-hydrogen) atoms. The van der Waals surface area contributed by atoms with Crippen LogP contribution < -0.4 is 10.1 Å². The molecule has 0 aliphatic rings. The van der Waals surface area contributed by atoms with Crippen molar-refractivity contribution >= 4 is 16.8 Å². The zero-order chi connectivity index (χ0) is 16.1. The fraction of sp³-hybridized carbons (Fsp3) is 0.471. The van der Waals surface area contributed by atoms with Crippen LogP contribution in [0.5, 0.6) is 5.75 Å². The van der Waals surface area contributed by atoms with Crippen molar-refractivity contribution in [3.63, 3.8) is 0 Å². The number of nitrogens with one attached hydrogen (secondary N) is 1. The van der Waals surface area contributed by atoms with E-state index < -0.39 is 0 Å². The fourth-order valence-corrected chi connectivity index (χ4v) is 2.57. The maximum atomic E-state index is 12.2. The Morgan fingerprint density at radius 3 is 2.82 bits per heavy atom. The Hall–Kier alpha value is -2.01. The maximum Gasteiger partial charge on any atom is 0.240 e. The van der Waals surface area contributed by atoms with Crippen LogP contribution in [0.2, 0.25) is 0 Å². The molecule has 1 aromatic carbocycles. The number of fused-ring (bicyclic) bond motifs is 1. The number of carbonyl (C=O) groups excluding carboxylic acids is 1. The molecule has 1 heterocycles. The lowest BCUT2D eigenvalue weighted by Gasteiger charge is -2.22. The molecule has 120 valence electrons. The van der Waals surface area contributed by atoms with Gasteiger partial charge in [0.05, 0.1) is 25.3 Å². The lowest BCUT2D eigenvalue weighted by atomic mass is 10.00. The maximum absolute atomic E-state index is 12.2. The average molecular weight is 304 g/mol. The fourth-order valence-electron chi connectivity index (χ4n) is 2.57. The standard InChI is InChI=1S/C17H24N2O3/c1-4-12(2)14(11-20)18-17(21)10-19-9-8-13-15(19)6-5-7-16(13)22-3/h5-9,12,14,20H,4,10-11H2,1-3H3,(H,18,21)/t12-,14-/m1/s1. The second-order valence-corrected chi connectivity index (χ2v) is 5.58.